The number of rotatable bonds is 2. The van der Waals surface area contributed by atoms with E-state index in [1.54, 1.807) is 27.7 Å². The van der Waals surface area contributed by atoms with Crippen LogP contribution in [0.15, 0.2) is 36.5 Å². The molecule has 1 aromatic carbocycles. The smallest absolute Gasteiger partial charge is 0.256 e. The summed E-state index contributed by atoms with van der Waals surface area (Å²) in [6, 6.07) is 7.62. The van der Waals surface area contributed by atoms with Crippen molar-refractivity contribution in [3.63, 3.8) is 0 Å². The maximum Gasteiger partial charge on any atom is 0.256 e. The average molecular weight is 373 g/mol. The lowest BCUT2D eigenvalue weighted by Gasteiger charge is -2.28. The number of carbonyl (C=O) groups is 1. The van der Waals surface area contributed by atoms with E-state index in [1.165, 1.54) is 18.3 Å². The van der Waals surface area contributed by atoms with Crippen molar-refractivity contribution in [1.82, 2.24) is 24.6 Å². The van der Waals surface area contributed by atoms with Gasteiger partial charge in [-0.05, 0) is 30.3 Å². The molecule has 1 aliphatic rings. The molecular weight excluding hydrogens is 359 g/mol. The Kier molecular flexibility index (Phi) is 4.04. The Morgan fingerprint density at radius 2 is 2.08 bits per heavy atom. The van der Waals surface area contributed by atoms with Gasteiger partial charge in [0, 0.05) is 30.0 Å². The van der Waals surface area contributed by atoms with Crippen LogP contribution in [0.2, 0.25) is 5.02 Å². The first kappa shape index (κ1) is 16.5. The first-order valence-electron chi connectivity index (χ1n) is 7.92. The number of hydrogen-bond donors (Lipinski definition) is 1. The Bertz CT molecular complexity index is 1000. The van der Waals surface area contributed by atoms with Gasteiger partial charge in [0.1, 0.15) is 5.69 Å². The van der Waals surface area contributed by atoms with Gasteiger partial charge in [0.05, 0.1) is 12.1 Å². The van der Waals surface area contributed by atoms with E-state index in [9.17, 15) is 9.18 Å². The molecule has 2 N–H and O–H groups in total. The van der Waals surface area contributed by atoms with Gasteiger partial charge in [0.15, 0.2) is 17.5 Å². The standard InChI is InChI=1S/C17H14ClFN6O/c18-10-3-4-11(13(20)8-10)17(26)24-6-7-25-14(9-24)22-23-16(25)15-12(19)2-1-5-21-15/h1-5,8H,6-7,9,20H2. The monoisotopic (exact) mass is 372 g/mol. The minimum absolute atomic E-state index is 0.146. The van der Waals surface area contributed by atoms with E-state index >= 15 is 0 Å². The van der Waals surface area contributed by atoms with Crippen molar-refractivity contribution in [2.75, 3.05) is 12.3 Å². The fraction of sp³-hybridized carbons (Fsp3) is 0.176. The van der Waals surface area contributed by atoms with Gasteiger partial charge in [-0.1, -0.05) is 11.6 Å². The summed E-state index contributed by atoms with van der Waals surface area (Å²) < 4.78 is 15.8. The normalized spacial score (nSPS) is 13.5. The summed E-state index contributed by atoms with van der Waals surface area (Å²) in [4.78, 5) is 18.4. The first-order valence-corrected chi connectivity index (χ1v) is 8.29. The van der Waals surface area contributed by atoms with Crippen LogP contribution in [0.4, 0.5) is 10.1 Å². The molecule has 1 amide bonds. The first-order chi connectivity index (χ1) is 12.5. The number of benzene rings is 1. The number of hydrogen-bond acceptors (Lipinski definition) is 5. The van der Waals surface area contributed by atoms with E-state index < -0.39 is 5.82 Å². The minimum atomic E-state index is -0.463. The molecule has 3 aromatic rings. The summed E-state index contributed by atoms with van der Waals surface area (Å²) in [5, 5.41) is 8.62. The highest BCUT2D eigenvalue weighted by atomic mass is 35.5. The molecular formula is C17H14ClFN6O. The summed E-state index contributed by atoms with van der Waals surface area (Å²) in [6.45, 7) is 1.11. The molecule has 3 heterocycles. The molecule has 26 heavy (non-hydrogen) atoms. The van der Waals surface area contributed by atoms with E-state index in [1.807, 2.05) is 0 Å². The third kappa shape index (κ3) is 2.78. The van der Waals surface area contributed by atoms with Crippen LogP contribution in [-0.4, -0.2) is 37.1 Å². The van der Waals surface area contributed by atoms with Crippen molar-refractivity contribution >= 4 is 23.2 Å². The Balaban J connectivity index is 1.61. The zero-order chi connectivity index (χ0) is 18.3. The van der Waals surface area contributed by atoms with E-state index in [2.05, 4.69) is 15.2 Å². The number of nitrogens with zero attached hydrogens (tertiary/aromatic N) is 5. The average Bonchev–Trinajstić information content (AvgIpc) is 3.04. The number of nitrogens with two attached hydrogens (primary N) is 1. The highest BCUT2D eigenvalue weighted by Gasteiger charge is 2.27. The SMILES string of the molecule is Nc1cc(Cl)ccc1C(=O)N1CCn2c(nnc2-c2ncccc2F)C1. The van der Waals surface area contributed by atoms with E-state index in [4.69, 9.17) is 17.3 Å². The summed E-state index contributed by atoms with van der Waals surface area (Å²) in [6.07, 6.45) is 1.50. The highest BCUT2D eigenvalue weighted by molar-refractivity contribution is 6.31. The second kappa shape index (κ2) is 6.38. The molecule has 0 unspecified atom stereocenters. The van der Waals surface area contributed by atoms with Crippen LogP contribution in [0.1, 0.15) is 16.2 Å². The predicted molar refractivity (Wildman–Crippen MR) is 93.8 cm³/mol. The van der Waals surface area contributed by atoms with Crippen LogP contribution in [0.5, 0.6) is 0 Å². The van der Waals surface area contributed by atoms with Crippen LogP contribution < -0.4 is 5.73 Å². The van der Waals surface area contributed by atoms with Gasteiger partial charge in [0.2, 0.25) is 0 Å². The van der Waals surface area contributed by atoms with Crippen LogP contribution >= 0.6 is 11.6 Å². The zero-order valence-electron chi connectivity index (χ0n) is 13.6. The maximum atomic E-state index is 14.0. The van der Waals surface area contributed by atoms with Crippen molar-refractivity contribution in [2.45, 2.75) is 13.1 Å². The van der Waals surface area contributed by atoms with Gasteiger partial charge < -0.3 is 15.2 Å². The van der Waals surface area contributed by atoms with E-state index in [0.717, 1.165) is 0 Å². The topological polar surface area (TPSA) is 89.9 Å². The second-order valence-corrected chi connectivity index (χ2v) is 6.32. The number of amides is 1. The molecule has 132 valence electrons. The number of fused-ring (bicyclic) bond motifs is 1. The van der Waals surface area contributed by atoms with Gasteiger partial charge >= 0.3 is 0 Å². The van der Waals surface area contributed by atoms with Crippen LogP contribution in [0.25, 0.3) is 11.5 Å². The third-order valence-electron chi connectivity index (χ3n) is 4.25. The van der Waals surface area contributed by atoms with Crippen LogP contribution in [0.3, 0.4) is 0 Å². The predicted octanol–water partition coefficient (Wildman–Crippen LogP) is 2.37. The molecule has 0 saturated carbocycles. The van der Waals surface area contributed by atoms with Crippen LogP contribution in [0, 0.1) is 5.82 Å². The molecule has 1 aliphatic heterocycles. The van der Waals surface area contributed by atoms with Gasteiger partial charge in [0.25, 0.3) is 5.91 Å². The van der Waals surface area contributed by atoms with Crippen molar-refractivity contribution in [3.05, 3.63) is 58.8 Å². The van der Waals surface area contributed by atoms with Crippen molar-refractivity contribution < 1.29 is 9.18 Å². The minimum Gasteiger partial charge on any atom is -0.398 e. The molecule has 4 rings (SSSR count). The zero-order valence-corrected chi connectivity index (χ0v) is 14.3. The second-order valence-electron chi connectivity index (χ2n) is 5.88. The van der Waals surface area contributed by atoms with Gasteiger partial charge in [-0.3, -0.25) is 4.79 Å². The largest absolute Gasteiger partial charge is 0.398 e. The number of aromatic nitrogens is 4. The third-order valence-corrected chi connectivity index (χ3v) is 4.49. The fourth-order valence-corrected chi connectivity index (χ4v) is 3.14. The van der Waals surface area contributed by atoms with Crippen molar-refractivity contribution in [3.8, 4) is 11.5 Å². The maximum absolute atomic E-state index is 14.0. The molecule has 0 atom stereocenters. The lowest BCUT2D eigenvalue weighted by molar-refractivity contribution is 0.0709. The van der Waals surface area contributed by atoms with Gasteiger partial charge in [-0.15, -0.1) is 10.2 Å². The van der Waals surface area contributed by atoms with Crippen molar-refractivity contribution in [2.24, 2.45) is 0 Å². The number of pyridine rings is 1. The molecule has 0 saturated heterocycles. The lowest BCUT2D eigenvalue weighted by Crippen LogP contribution is -2.38. The number of anilines is 1. The fourth-order valence-electron chi connectivity index (χ4n) is 2.96. The Morgan fingerprint density at radius 1 is 1.23 bits per heavy atom. The number of halogens is 2. The highest BCUT2D eigenvalue weighted by Crippen LogP contribution is 2.25. The van der Waals surface area contributed by atoms with Crippen LogP contribution in [-0.2, 0) is 13.1 Å². The summed E-state index contributed by atoms with van der Waals surface area (Å²) in [5.74, 6) is 0.252. The van der Waals surface area contributed by atoms with Crippen molar-refractivity contribution in [1.29, 1.82) is 0 Å². The molecule has 0 spiro atoms. The summed E-state index contributed by atoms with van der Waals surface area (Å²) >= 11 is 5.89. The Labute approximate surface area is 153 Å². The van der Waals surface area contributed by atoms with E-state index in [0.29, 0.717) is 41.0 Å². The lowest BCUT2D eigenvalue weighted by atomic mass is 10.1. The molecule has 0 fully saturated rings. The van der Waals surface area contributed by atoms with Gasteiger partial charge in [-0.2, -0.15) is 0 Å². The van der Waals surface area contributed by atoms with E-state index in [-0.39, 0.29) is 18.1 Å². The number of carbonyl (C=O) groups excluding carboxylic acids is 1. The molecule has 7 nitrogen and oxygen atoms in total. The Morgan fingerprint density at radius 3 is 2.85 bits per heavy atom. The quantitative estimate of drug-likeness (QED) is 0.697. The summed E-state index contributed by atoms with van der Waals surface area (Å²) in [7, 11) is 0. The Hall–Kier alpha value is -3.00. The van der Waals surface area contributed by atoms with Gasteiger partial charge in [-0.25, -0.2) is 9.37 Å². The molecule has 0 aliphatic carbocycles. The molecule has 0 radical (unpaired) electrons. The molecule has 9 heteroatoms. The molecule has 0 bridgehead atoms. The molecule has 2 aromatic heterocycles. The number of nitrogen functional groups attached to an aromatic ring is 1. The summed E-state index contributed by atoms with van der Waals surface area (Å²) in [5.41, 5.74) is 6.76.